The molecule has 0 saturated carbocycles. The Labute approximate surface area is 127 Å². The highest BCUT2D eigenvalue weighted by atomic mass is 79.9. The second kappa shape index (κ2) is 4.67. The van der Waals surface area contributed by atoms with Crippen LogP contribution in [0.4, 0.5) is 5.69 Å². The molecule has 96 valence electrons. The van der Waals surface area contributed by atoms with E-state index in [2.05, 4.69) is 30.9 Å². The van der Waals surface area contributed by atoms with E-state index in [4.69, 9.17) is 28.9 Å². The first kappa shape index (κ1) is 12.7. The standard InChI is InChI=1S/C12H7BrCl2N4/c13-6-3-9-12(17-4-6)19-11(18-9)5-1-7(14)10(16)8(15)2-5/h1-4H,16H2,(H,17,18,19). The van der Waals surface area contributed by atoms with Crippen LogP contribution in [0.1, 0.15) is 0 Å². The van der Waals surface area contributed by atoms with Gasteiger partial charge in [0.05, 0.1) is 21.2 Å². The number of hydrogen-bond donors (Lipinski definition) is 2. The molecular weight excluding hydrogens is 351 g/mol. The largest absolute Gasteiger partial charge is 0.396 e. The molecule has 0 spiro atoms. The highest BCUT2D eigenvalue weighted by molar-refractivity contribution is 9.10. The van der Waals surface area contributed by atoms with Crippen LogP contribution in [0.25, 0.3) is 22.6 Å². The Morgan fingerprint density at radius 2 is 1.84 bits per heavy atom. The zero-order chi connectivity index (χ0) is 13.6. The topological polar surface area (TPSA) is 67.6 Å². The number of halogens is 3. The summed E-state index contributed by atoms with van der Waals surface area (Å²) in [5.74, 6) is 0.643. The van der Waals surface area contributed by atoms with E-state index in [1.807, 2.05) is 6.07 Å². The van der Waals surface area contributed by atoms with Crippen molar-refractivity contribution in [1.82, 2.24) is 15.0 Å². The molecule has 19 heavy (non-hydrogen) atoms. The molecule has 1 aromatic carbocycles. The lowest BCUT2D eigenvalue weighted by molar-refractivity contribution is 1.30. The number of benzene rings is 1. The van der Waals surface area contributed by atoms with E-state index in [9.17, 15) is 0 Å². The molecule has 3 rings (SSSR count). The molecule has 0 unspecified atom stereocenters. The molecular formula is C12H7BrCl2N4. The van der Waals surface area contributed by atoms with E-state index in [1.165, 1.54) is 0 Å². The number of rotatable bonds is 1. The maximum Gasteiger partial charge on any atom is 0.178 e. The second-order valence-corrected chi connectivity index (χ2v) is 5.69. The van der Waals surface area contributed by atoms with Crippen LogP contribution in [0, 0.1) is 0 Å². The second-order valence-electron chi connectivity index (χ2n) is 3.96. The summed E-state index contributed by atoms with van der Waals surface area (Å²) in [6.07, 6.45) is 1.69. The van der Waals surface area contributed by atoms with Crippen molar-refractivity contribution in [2.24, 2.45) is 0 Å². The Morgan fingerprint density at radius 1 is 1.16 bits per heavy atom. The Balaban J connectivity index is 2.19. The normalized spacial score (nSPS) is 11.1. The predicted molar refractivity (Wildman–Crippen MR) is 81.5 cm³/mol. The minimum atomic E-state index is 0.365. The Morgan fingerprint density at radius 3 is 2.53 bits per heavy atom. The summed E-state index contributed by atoms with van der Waals surface area (Å²) >= 11 is 15.4. The lowest BCUT2D eigenvalue weighted by Gasteiger charge is -2.03. The smallest absolute Gasteiger partial charge is 0.178 e. The molecule has 3 aromatic rings. The van der Waals surface area contributed by atoms with Gasteiger partial charge in [-0.3, -0.25) is 0 Å². The summed E-state index contributed by atoms with van der Waals surface area (Å²) in [4.78, 5) is 11.8. The number of H-pyrrole nitrogens is 1. The summed E-state index contributed by atoms with van der Waals surface area (Å²) in [6, 6.07) is 5.34. The molecule has 0 amide bonds. The first-order valence-corrected chi connectivity index (χ1v) is 6.85. The lowest BCUT2D eigenvalue weighted by atomic mass is 10.2. The number of nitrogens with zero attached hydrogens (tertiary/aromatic N) is 2. The molecule has 0 saturated heterocycles. The van der Waals surface area contributed by atoms with Crippen LogP contribution in [0.2, 0.25) is 10.0 Å². The van der Waals surface area contributed by atoms with E-state index < -0.39 is 0 Å². The van der Waals surface area contributed by atoms with Crippen molar-refractivity contribution in [3.05, 3.63) is 38.9 Å². The molecule has 0 atom stereocenters. The van der Waals surface area contributed by atoms with Gasteiger partial charge in [0.1, 0.15) is 5.82 Å². The third kappa shape index (κ3) is 2.29. The fourth-order valence-electron chi connectivity index (χ4n) is 1.73. The number of aromatic nitrogens is 3. The van der Waals surface area contributed by atoms with Crippen LogP contribution in [-0.4, -0.2) is 15.0 Å². The zero-order valence-corrected chi connectivity index (χ0v) is 12.5. The molecule has 0 radical (unpaired) electrons. The first-order chi connectivity index (χ1) is 9.04. The van der Waals surface area contributed by atoms with Crippen LogP contribution in [0.3, 0.4) is 0 Å². The number of hydrogen-bond acceptors (Lipinski definition) is 3. The molecule has 7 heteroatoms. The maximum absolute atomic E-state index is 6.02. The highest BCUT2D eigenvalue weighted by Crippen LogP contribution is 2.33. The van der Waals surface area contributed by atoms with Crippen LogP contribution < -0.4 is 5.73 Å². The minimum Gasteiger partial charge on any atom is -0.396 e. The van der Waals surface area contributed by atoms with Gasteiger partial charge >= 0.3 is 0 Å². The molecule has 0 aliphatic rings. The molecule has 4 nitrogen and oxygen atoms in total. The number of nitrogens with two attached hydrogens (primary N) is 1. The Hall–Kier alpha value is -1.30. The van der Waals surface area contributed by atoms with E-state index in [0.717, 1.165) is 15.6 Å². The van der Waals surface area contributed by atoms with E-state index in [0.29, 0.717) is 27.2 Å². The molecule has 0 fully saturated rings. The third-order valence-electron chi connectivity index (χ3n) is 2.66. The molecule has 0 bridgehead atoms. The number of anilines is 1. The predicted octanol–water partition coefficient (Wildman–Crippen LogP) is 4.28. The van der Waals surface area contributed by atoms with Gasteiger partial charge in [0, 0.05) is 16.2 Å². The van der Waals surface area contributed by atoms with Crippen LogP contribution in [-0.2, 0) is 0 Å². The average Bonchev–Trinajstić information content (AvgIpc) is 2.78. The van der Waals surface area contributed by atoms with Gasteiger partial charge in [-0.05, 0) is 34.1 Å². The van der Waals surface area contributed by atoms with Crippen molar-refractivity contribution >= 4 is 56.0 Å². The summed E-state index contributed by atoms with van der Waals surface area (Å²) in [7, 11) is 0. The number of imidazole rings is 1. The van der Waals surface area contributed by atoms with Gasteiger partial charge in [-0.1, -0.05) is 23.2 Å². The molecule has 0 aliphatic carbocycles. The Kier molecular flexibility index (Phi) is 3.12. The van der Waals surface area contributed by atoms with Crippen molar-refractivity contribution in [3.8, 4) is 11.4 Å². The Bertz CT molecular complexity index is 761. The van der Waals surface area contributed by atoms with E-state index >= 15 is 0 Å². The molecule has 3 N–H and O–H groups in total. The van der Waals surface area contributed by atoms with Crippen molar-refractivity contribution in [2.75, 3.05) is 5.73 Å². The number of nitrogen functional groups attached to an aromatic ring is 1. The summed E-state index contributed by atoms with van der Waals surface area (Å²) < 4.78 is 0.878. The number of aromatic amines is 1. The number of nitrogens with one attached hydrogen (secondary N) is 1. The van der Waals surface area contributed by atoms with Gasteiger partial charge in [0.25, 0.3) is 0 Å². The SMILES string of the molecule is Nc1c(Cl)cc(-c2nc3ncc(Br)cc3[nH]2)cc1Cl. The summed E-state index contributed by atoms with van der Waals surface area (Å²) in [5, 5.41) is 0.800. The number of pyridine rings is 1. The fourth-order valence-corrected chi connectivity index (χ4v) is 2.55. The third-order valence-corrected chi connectivity index (χ3v) is 3.72. The van der Waals surface area contributed by atoms with Crippen molar-refractivity contribution < 1.29 is 0 Å². The highest BCUT2D eigenvalue weighted by Gasteiger charge is 2.11. The molecule has 0 aliphatic heterocycles. The summed E-state index contributed by atoms with van der Waals surface area (Å²) in [6.45, 7) is 0. The van der Waals surface area contributed by atoms with Gasteiger partial charge < -0.3 is 10.7 Å². The molecule has 2 heterocycles. The van der Waals surface area contributed by atoms with Crippen LogP contribution >= 0.6 is 39.1 Å². The van der Waals surface area contributed by atoms with Crippen molar-refractivity contribution in [2.45, 2.75) is 0 Å². The van der Waals surface area contributed by atoms with Crippen LogP contribution in [0.15, 0.2) is 28.9 Å². The monoisotopic (exact) mass is 356 g/mol. The van der Waals surface area contributed by atoms with Crippen molar-refractivity contribution in [3.63, 3.8) is 0 Å². The van der Waals surface area contributed by atoms with Gasteiger partial charge in [0.15, 0.2) is 5.65 Å². The van der Waals surface area contributed by atoms with Gasteiger partial charge in [-0.15, -0.1) is 0 Å². The lowest BCUT2D eigenvalue weighted by Crippen LogP contribution is -1.89. The molecule has 2 aromatic heterocycles. The quantitative estimate of drug-likeness (QED) is 0.639. The van der Waals surface area contributed by atoms with Crippen LogP contribution in [0.5, 0.6) is 0 Å². The van der Waals surface area contributed by atoms with Gasteiger partial charge in [-0.2, -0.15) is 0 Å². The first-order valence-electron chi connectivity index (χ1n) is 5.31. The minimum absolute atomic E-state index is 0.365. The van der Waals surface area contributed by atoms with E-state index in [1.54, 1.807) is 18.3 Å². The average molecular weight is 358 g/mol. The maximum atomic E-state index is 6.02. The fraction of sp³-hybridized carbons (Fsp3) is 0. The van der Waals surface area contributed by atoms with Gasteiger partial charge in [0.2, 0.25) is 0 Å². The summed E-state index contributed by atoms with van der Waals surface area (Å²) in [5.41, 5.74) is 8.29. The van der Waals surface area contributed by atoms with Crippen molar-refractivity contribution in [1.29, 1.82) is 0 Å². The van der Waals surface area contributed by atoms with Gasteiger partial charge in [-0.25, -0.2) is 9.97 Å². The zero-order valence-electron chi connectivity index (χ0n) is 9.42. The number of fused-ring (bicyclic) bond motifs is 1. The van der Waals surface area contributed by atoms with E-state index in [-0.39, 0.29) is 0 Å².